The third-order valence-electron chi connectivity index (χ3n) is 7.99. The van der Waals surface area contributed by atoms with E-state index in [0.29, 0.717) is 31.7 Å². The van der Waals surface area contributed by atoms with Crippen LogP contribution in [0.5, 0.6) is 0 Å². The zero-order valence-electron chi connectivity index (χ0n) is 20.8. The van der Waals surface area contributed by atoms with Gasteiger partial charge in [-0.3, -0.25) is 9.69 Å². The first kappa shape index (κ1) is 24.8. The van der Waals surface area contributed by atoms with Crippen LogP contribution in [0.15, 0.2) is 48.5 Å². The third kappa shape index (κ3) is 4.38. The van der Waals surface area contributed by atoms with Crippen molar-refractivity contribution in [1.82, 2.24) is 9.80 Å². The summed E-state index contributed by atoms with van der Waals surface area (Å²) in [7, 11) is 0. The van der Waals surface area contributed by atoms with Gasteiger partial charge in [0.2, 0.25) is 5.91 Å². The normalized spacial score (nSPS) is 30.5. The fourth-order valence-corrected chi connectivity index (χ4v) is 5.91. The molecule has 0 spiro atoms. The number of benzene rings is 2. The van der Waals surface area contributed by atoms with E-state index in [0.717, 1.165) is 11.6 Å². The van der Waals surface area contributed by atoms with Crippen molar-refractivity contribution in [2.75, 3.05) is 26.2 Å². The van der Waals surface area contributed by atoms with E-state index in [-0.39, 0.29) is 29.2 Å². The van der Waals surface area contributed by atoms with E-state index in [9.17, 15) is 18.7 Å². The number of carbonyl (C=O) groups is 1. The van der Waals surface area contributed by atoms with Crippen LogP contribution in [0, 0.1) is 29.4 Å². The molecule has 2 aliphatic heterocycles. The summed E-state index contributed by atoms with van der Waals surface area (Å²) < 4.78 is 28.4. The smallest absolute Gasteiger partial charge is 0.227 e. The molecule has 4 rings (SSSR count). The standard InChI is InChI=1S/C28H36F2N2O2/c1-18-14-31(15-19(2)28(18,34)20-9-7-6-8-10-20)26(33)24-17-32(27(3,4)5)16-23(24)22-12-11-21(29)13-25(22)30/h6-13,18-19,23-24,34H,14-17H2,1-5H3/t18-,19+,23-,24?,28?/m0/s1. The second-order valence-corrected chi connectivity index (χ2v) is 11.2. The molecule has 5 atom stereocenters. The lowest BCUT2D eigenvalue weighted by molar-refractivity contribution is -0.152. The summed E-state index contributed by atoms with van der Waals surface area (Å²) in [6.45, 7) is 12.1. The molecule has 1 amide bonds. The van der Waals surface area contributed by atoms with Crippen LogP contribution in [0.4, 0.5) is 8.78 Å². The molecule has 6 heteroatoms. The van der Waals surface area contributed by atoms with E-state index in [1.165, 1.54) is 12.1 Å². The number of aliphatic hydroxyl groups is 1. The van der Waals surface area contributed by atoms with E-state index in [4.69, 9.17) is 0 Å². The lowest BCUT2D eigenvalue weighted by Crippen LogP contribution is -2.57. The molecule has 2 fully saturated rings. The maximum atomic E-state index is 14.8. The van der Waals surface area contributed by atoms with Gasteiger partial charge in [-0.2, -0.15) is 0 Å². The van der Waals surface area contributed by atoms with Crippen LogP contribution in [-0.2, 0) is 10.4 Å². The third-order valence-corrected chi connectivity index (χ3v) is 7.99. The van der Waals surface area contributed by atoms with E-state index in [1.807, 2.05) is 49.1 Å². The molecule has 1 N–H and O–H groups in total. The van der Waals surface area contributed by atoms with Gasteiger partial charge in [-0.25, -0.2) is 8.78 Å². The van der Waals surface area contributed by atoms with Crippen LogP contribution in [0.2, 0.25) is 0 Å². The molecular weight excluding hydrogens is 434 g/mol. The van der Waals surface area contributed by atoms with E-state index >= 15 is 0 Å². The molecule has 0 radical (unpaired) electrons. The first-order chi connectivity index (χ1) is 15.9. The van der Waals surface area contributed by atoms with Gasteiger partial charge in [0, 0.05) is 55.5 Å². The molecule has 2 aromatic rings. The van der Waals surface area contributed by atoms with Crippen molar-refractivity contribution in [1.29, 1.82) is 0 Å². The molecule has 2 aliphatic rings. The molecule has 4 nitrogen and oxygen atoms in total. The minimum Gasteiger partial charge on any atom is -0.384 e. The van der Waals surface area contributed by atoms with Gasteiger partial charge in [-0.1, -0.05) is 50.2 Å². The number of amides is 1. The van der Waals surface area contributed by atoms with Crippen LogP contribution in [0.25, 0.3) is 0 Å². The fourth-order valence-electron chi connectivity index (χ4n) is 5.91. The Balaban J connectivity index is 1.61. The Hall–Kier alpha value is -2.31. The molecule has 2 aromatic carbocycles. The van der Waals surface area contributed by atoms with E-state index < -0.39 is 23.2 Å². The number of hydrogen-bond donors (Lipinski definition) is 1. The van der Waals surface area contributed by atoms with Crippen molar-refractivity contribution >= 4 is 5.91 Å². The highest BCUT2D eigenvalue weighted by Crippen LogP contribution is 2.43. The van der Waals surface area contributed by atoms with Crippen LogP contribution in [0.3, 0.4) is 0 Å². The van der Waals surface area contributed by atoms with Gasteiger partial charge < -0.3 is 10.0 Å². The van der Waals surface area contributed by atoms with Crippen LogP contribution < -0.4 is 0 Å². The van der Waals surface area contributed by atoms with Gasteiger partial charge in [-0.05, 0) is 38.0 Å². The minimum atomic E-state index is -1.02. The SMILES string of the molecule is C[C@@H]1CN(C(=O)C2CN(C(C)(C)C)C[C@H]2c2ccc(F)cc2F)C[C@H](C)C1(O)c1ccccc1. The number of halogens is 2. The molecular formula is C28H36F2N2O2. The molecule has 0 bridgehead atoms. The number of hydrogen-bond acceptors (Lipinski definition) is 3. The van der Waals surface area contributed by atoms with Crippen molar-refractivity contribution in [3.8, 4) is 0 Å². The van der Waals surface area contributed by atoms with Crippen LogP contribution >= 0.6 is 0 Å². The summed E-state index contributed by atoms with van der Waals surface area (Å²) in [5.74, 6) is -2.35. The molecule has 0 saturated carbocycles. The van der Waals surface area contributed by atoms with Crippen molar-refractivity contribution < 1.29 is 18.7 Å². The van der Waals surface area contributed by atoms with Crippen molar-refractivity contribution in [3.05, 3.63) is 71.3 Å². The Morgan fingerprint density at radius 2 is 1.59 bits per heavy atom. The average Bonchev–Trinajstić information content (AvgIpc) is 3.23. The first-order valence-corrected chi connectivity index (χ1v) is 12.2. The van der Waals surface area contributed by atoms with E-state index in [1.54, 1.807) is 0 Å². The van der Waals surface area contributed by atoms with Gasteiger partial charge in [0.1, 0.15) is 11.6 Å². The minimum absolute atomic E-state index is 0.0192. The van der Waals surface area contributed by atoms with E-state index in [2.05, 4.69) is 25.7 Å². The Kier molecular flexibility index (Phi) is 6.60. The van der Waals surface area contributed by atoms with Gasteiger partial charge in [0.25, 0.3) is 0 Å². The number of rotatable bonds is 3. The zero-order chi connectivity index (χ0) is 24.8. The molecule has 34 heavy (non-hydrogen) atoms. The maximum Gasteiger partial charge on any atom is 0.227 e. The number of likely N-dealkylation sites (tertiary alicyclic amines) is 2. The van der Waals surface area contributed by atoms with Gasteiger partial charge in [0.05, 0.1) is 11.5 Å². The molecule has 2 saturated heterocycles. The molecule has 184 valence electrons. The molecule has 0 aromatic heterocycles. The number of piperidine rings is 1. The molecule has 2 unspecified atom stereocenters. The second kappa shape index (κ2) is 9.04. The second-order valence-electron chi connectivity index (χ2n) is 11.2. The lowest BCUT2D eigenvalue weighted by Gasteiger charge is -2.48. The summed E-state index contributed by atoms with van der Waals surface area (Å²) in [5.41, 5.74) is 0.0616. The summed E-state index contributed by atoms with van der Waals surface area (Å²) in [6, 6.07) is 13.3. The highest BCUT2D eigenvalue weighted by molar-refractivity contribution is 5.81. The van der Waals surface area contributed by atoms with Crippen molar-refractivity contribution in [2.45, 2.75) is 51.7 Å². The first-order valence-electron chi connectivity index (χ1n) is 12.2. The average molecular weight is 471 g/mol. The van der Waals surface area contributed by atoms with Crippen LogP contribution in [0.1, 0.15) is 51.7 Å². The summed E-state index contributed by atoms with van der Waals surface area (Å²) >= 11 is 0. The fraction of sp³-hybridized carbons (Fsp3) is 0.536. The Morgan fingerprint density at radius 3 is 2.15 bits per heavy atom. The van der Waals surface area contributed by atoms with Crippen molar-refractivity contribution in [3.63, 3.8) is 0 Å². The number of nitrogens with zero attached hydrogens (tertiary/aromatic N) is 2. The topological polar surface area (TPSA) is 43.8 Å². The van der Waals surface area contributed by atoms with Gasteiger partial charge in [0.15, 0.2) is 0 Å². The highest BCUT2D eigenvalue weighted by Gasteiger charge is 2.50. The molecule has 0 aliphatic carbocycles. The summed E-state index contributed by atoms with van der Waals surface area (Å²) in [6.07, 6.45) is 0. The zero-order valence-corrected chi connectivity index (χ0v) is 20.8. The largest absolute Gasteiger partial charge is 0.384 e. The highest BCUT2D eigenvalue weighted by atomic mass is 19.1. The quantitative estimate of drug-likeness (QED) is 0.702. The predicted octanol–water partition coefficient (Wildman–Crippen LogP) is 4.78. The van der Waals surface area contributed by atoms with Gasteiger partial charge >= 0.3 is 0 Å². The lowest BCUT2D eigenvalue weighted by atomic mass is 9.70. The van der Waals surface area contributed by atoms with Crippen molar-refractivity contribution in [2.24, 2.45) is 17.8 Å². The summed E-state index contributed by atoms with van der Waals surface area (Å²) in [5, 5.41) is 11.7. The van der Waals surface area contributed by atoms with Gasteiger partial charge in [-0.15, -0.1) is 0 Å². The molecule has 2 heterocycles. The predicted molar refractivity (Wildman–Crippen MR) is 129 cm³/mol. The monoisotopic (exact) mass is 470 g/mol. The Bertz CT molecular complexity index is 1020. The Labute approximate surface area is 201 Å². The Morgan fingerprint density at radius 1 is 0.971 bits per heavy atom. The summed E-state index contributed by atoms with van der Waals surface area (Å²) in [4.78, 5) is 17.9. The number of carbonyl (C=O) groups excluding carboxylic acids is 1. The maximum absolute atomic E-state index is 14.8. The van der Waals surface area contributed by atoms with Crippen LogP contribution in [-0.4, -0.2) is 52.5 Å².